The average Bonchev–Trinajstić information content (AvgIpc) is 3.25. The highest BCUT2D eigenvalue weighted by Crippen LogP contribution is 2.31. The zero-order chi connectivity index (χ0) is 23.4. The van der Waals surface area contributed by atoms with Gasteiger partial charge in [-0.2, -0.15) is 4.31 Å². The fraction of sp³-hybridized carbons (Fsp3) is 0.480. The number of carbonyl (C=O) groups excluding carboxylic acids is 1. The maximum Gasteiger partial charge on any atom is 0.306 e. The van der Waals surface area contributed by atoms with Crippen molar-refractivity contribution in [2.45, 2.75) is 31.2 Å². The van der Waals surface area contributed by atoms with E-state index in [1.807, 2.05) is 37.3 Å². The maximum atomic E-state index is 13.4. The number of nitrogens with zero attached hydrogens (tertiary/aromatic N) is 3. The monoisotopic (exact) mass is 471 g/mol. The van der Waals surface area contributed by atoms with Crippen molar-refractivity contribution in [1.82, 2.24) is 9.21 Å². The molecule has 0 spiro atoms. The van der Waals surface area contributed by atoms with Crippen molar-refractivity contribution in [3.05, 3.63) is 60.2 Å². The lowest BCUT2D eigenvalue weighted by Gasteiger charge is -2.40. The van der Waals surface area contributed by atoms with Gasteiger partial charge in [0.05, 0.1) is 17.9 Å². The summed E-state index contributed by atoms with van der Waals surface area (Å²) in [7, 11) is -3.62. The van der Waals surface area contributed by atoms with Crippen molar-refractivity contribution < 1.29 is 17.9 Å². The number of carbonyl (C=O) groups is 1. The lowest BCUT2D eigenvalue weighted by Crippen LogP contribution is -2.53. The largest absolute Gasteiger partial charge is 0.466 e. The van der Waals surface area contributed by atoms with Crippen LogP contribution in [-0.2, 0) is 19.6 Å². The Morgan fingerprint density at radius 3 is 2.27 bits per heavy atom. The summed E-state index contributed by atoms with van der Waals surface area (Å²) in [5, 5.41) is 0. The third-order valence-corrected chi connectivity index (χ3v) is 8.52. The Morgan fingerprint density at radius 2 is 1.64 bits per heavy atom. The Hall–Kier alpha value is -2.42. The van der Waals surface area contributed by atoms with Crippen LogP contribution in [0.5, 0.6) is 0 Å². The molecule has 33 heavy (non-hydrogen) atoms. The highest BCUT2D eigenvalue weighted by atomic mass is 32.2. The standard InChI is InChI=1S/C25H33N3O4S/c1-3-32-25(29)17-21-18-28(33(30,31)23-11-9-20(2)10-12-23)19-24(21)27-15-13-26(14-16-27)22-7-5-4-6-8-22/h4-12,21,24H,3,13-19H2,1-2H3. The highest BCUT2D eigenvalue weighted by Gasteiger charge is 2.43. The zero-order valence-electron chi connectivity index (χ0n) is 19.4. The van der Waals surface area contributed by atoms with Crippen LogP contribution in [0.4, 0.5) is 5.69 Å². The van der Waals surface area contributed by atoms with Gasteiger partial charge in [0.25, 0.3) is 0 Å². The van der Waals surface area contributed by atoms with E-state index in [1.54, 1.807) is 23.4 Å². The van der Waals surface area contributed by atoms with E-state index in [4.69, 9.17) is 4.74 Å². The number of hydrogen-bond donors (Lipinski definition) is 0. The number of sulfonamides is 1. The van der Waals surface area contributed by atoms with Crippen LogP contribution in [0.15, 0.2) is 59.5 Å². The predicted octanol–water partition coefficient (Wildman–Crippen LogP) is 2.76. The maximum absolute atomic E-state index is 13.4. The summed E-state index contributed by atoms with van der Waals surface area (Å²) in [6, 6.07) is 17.3. The molecule has 0 aromatic heterocycles. The van der Waals surface area contributed by atoms with Crippen molar-refractivity contribution in [3.63, 3.8) is 0 Å². The first-order chi connectivity index (χ1) is 15.9. The van der Waals surface area contributed by atoms with Crippen LogP contribution in [-0.4, -0.2) is 75.5 Å². The molecule has 0 amide bonds. The minimum atomic E-state index is -3.62. The topological polar surface area (TPSA) is 70.2 Å². The number of esters is 1. The van der Waals surface area contributed by atoms with Crippen LogP contribution in [0.3, 0.4) is 0 Å². The fourth-order valence-corrected chi connectivity index (χ4v) is 6.38. The van der Waals surface area contributed by atoms with Gasteiger partial charge in [-0.05, 0) is 44.0 Å². The summed E-state index contributed by atoms with van der Waals surface area (Å²) in [4.78, 5) is 17.3. The molecule has 2 atom stereocenters. The van der Waals surface area contributed by atoms with Gasteiger partial charge in [-0.1, -0.05) is 35.9 Å². The second-order valence-corrected chi connectivity index (χ2v) is 10.8. The second-order valence-electron chi connectivity index (χ2n) is 8.83. The molecule has 2 aromatic carbocycles. The Morgan fingerprint density at radius 1 is 0.970 bits per heavy atom. The first-order valence-corrected chi connectivity index (χ1v) is 13.1. The van der Waals surface area contributed by atoms with E-state index in [-0.39, 0.29) is 24.3 Å². The fourth-order valence-electron chi connectivity index (χ4n) is 4.87. The van der Waals surface area contributed by atoms with Crippen LogP contribution in [0.1, 0.15) is 18.9 Å². The summed E-state index contributed by atoms with van der Waals surface area (Å²) in [5.41, 5.74) is 2.22. The molecule has 2 fully saturated rings. The molecule has 2 unspecified atom stereocenters. The van der Waals surface area contributed by atoms with Crippen LogP contribution in [0, 0.1) is 12.8 Å². The molecule has 8 heteroatoms. The summed E-state index contributed by atoms with van der Waals surface area (Å²) >= 11 is 0. The number of anilines is 1. The molecule has 2 saturated heterocycles. The van der Waals surface area contributed by atoms with E-state index < -0.39 is 10.0 Å². The molecule has 0 N–H and O–H groups in total. The van der Waals surface area contributed by atoms with E-state index in [0.29, 0.717) is 24.6 Å². The van der Waals surface area contributed by atoms with Crippen molar-refractivity contribution >= 4 is 21.7 Å². The van der Waals surface area contributed by atoms with E-state index in [0.717, 1.165) is 31.7 Å². The van der Waals surface area contributed by atoms with Gasteiger partial charge in [-0.15, -0.1) is 0 Å². The molecule has 0 aliphatic carbocycles. The molecule has 0 radical (unpaired) electrons. The first kappa shape index (κ1) is 23.7. The third kappa shape index (κ3) is 5.39. The SMILES string of the molecule is CCOC(=O)CC1CN(S(=O)(=O)c2ccc(C)cc2)CC1N1CCN(c2ccccc2)CC1. The van der Waals surface area contributed by atoms with E-state index in [9.17, 15) is 13.2 Å². The van der Waals surface area contributed by atoms with Gasteiger partial charge in [0.15, 0.2) is 0 Å². The normalized spacial score (nSPS) is 22.4. The van der Waals surface area contributed by atoms with Gasteiger partial charge < -0.3 is 9.64 Å². The number of para-hydroxylation sites is 1. The summed E-state index contributed by atoms with van der Waals surface area (Å²) in [5.74, 6) is -0.349. The smallest absolute Gasteiger partial charge is 0.306 e. The van der Waals surface area contributed by atoms with Gasteiger partial charge >= 0.3 is 5.97 Å². The number of benzene rings is 2. The molecule has 2 aliphatic rings. The Balaban J connectivity index is 1.49. The molecular formula is C25H33N3O4S. The van der Waals surface area contributed by atoms with Crippen LogP contribution >= 0.6 is 0 Å². The summed E-state index contributed by atoms with van der Waals surface area (Å²) in [6.45, 7) is 8.19. The lowest BCUT2D eigenvalue weighted by molar-refractivity contribution is -0.144. The van der Waals surface area contributed by atoms with Crippen LogP contribution in [0.2, 0.25) is 0 Å². The number of rotatable bonds is 7. The molecule has 2 aromatic rings. The minimum absolute atomic E-state index is 0.00690. The van der Waals surface area contributed by atoms with Crippen LogP contribution < -0.4 is 4.90 Å². The molecule has 2 heterocycles. The Kier molecular flexibility index (Phi) is 7.36. The van der Waals surface area contributed by atoms with Gasteiger partial charge in [0.1, 0.15) is 0 Å². The molecule has 0 saturated carbocycles. The summed E-state index contributed by atoms with van der Waals surface area (Å²) in [6.07, 6.45) is 0.233. The van der Waals surface area contributed by atoms with E-state index >= 15 is 0 Å². The van der Waals surface area contributed by atoms with Gasteiger partial charge in [-0.3, -0.25) is 9.69 Å². The number of hydrogen-bond acceptors (Lipinski definition) is 6. The van der Waals surface area contributed by atoms with Gasteiger partial charge in [0.2, 0.25) is 10.0 Å². The Labute approximate surface area is 197 Å². The zero-order valence-corrected chi connectivity index (χ0v) is 20.2. The molecular weight excluding hydrogens is 438 g/mol. The van der Waals surface area contributed by atoms with Crippen molar-refractivity contribution in [1.29, 1.82) is 0 Å². The van der Waals surface area contributed by atoms with Crippen molar-refractivity contribution in [3.8, 4) is 0 Å². The number of aryl methyl sites for hydroxylation is 1. The van der Waals surface area contributed by atoms with E-state index in [1.165, 1.54) is 5.69 Å². The van der Waals surface area contributed by atoms with Crippen LogP contribution in [0.25, 0.3) is 0 Å². The highest BCUT2D eigenvalue weighted by molar-refractivity contribution is 7.89. The third-order valence-electron chi connectivity index (χ3n) is 6.67. The number of ether oxygens (including phenoxy) is 1. The van der Waals surface area contributed by atoms with E-state index in [2.05, 4.69) is 21.9 Å². The number of piperazine rings is 1. The molecule has 178 valence electrons. The lowest BCUT2D eigenvalue weighted by atomic mass is 9.97. The molecule has 0 bridgehead atoms. The van der Waals surface area contributed by atoms with Crippen molar-refractivity contribution in [2.75, 3.05) is 50.8 Å². The summed E-state index contributed by atoms with van der Waals surface area (Å²) < 4.78 is 33.5. The second kappa shape index (κ2) is 10.2. The van der Waals surface area contributed by atoms with Gasteiger partial charge in [0, 0.05) is 51.0 Å². The quantitative estimate of drug-likeness (QED) is 0.579. The molecule has 2 aliphatic heterocycles. The Bertz CT molecular complexity index is 1040. The molecule has 7 nitrogen and oxygen atoms in total. The predicted molar refractivity (Wildman–Crippen MR) is 129 cm³/mol. The average molecular weight is 472 g/mol. The van der Waals surface area contributed by atoms with Gasteiger partial charge in [-0.25, -0.2) is 8.42 Å². The first-order valence-electron chi connectivity index (χ1n) is 11.6. The molecule has 4 rings (SSSR count). The minimum Gasteiger partial charge on any atom is -0.466 e. The van der Waals surface area contributed by atoms with Crippen molar-refractivity contribution in [2.24, 2.45) is 5.92 Å².